The molecule has 0 radical (unpaired) electrons. The Kier molecular flexibility index (Phi) is 5.92. The van der Waals surface area contributed by atoms with E-state index < -0.39 is 0 Å². The minimum Gasteiger partial charge on any atom is -0.457 e. The largest absolute Gasteiger partial charge is 0.457 e. The standard InChI is InChI=1S/C29H32N2O/c1-20(2)29(5,6)26-15-11-10-14-25(26)28-30-16-17-31(28)27-21(3)18-24(19-22(27)4)32-23-12-8-7-9-13-23/h7-20H,1-6H3. The number of aryl methyl sites for hydroxylation is 2. The Morgan fingerprint density at radius 1 is 0.844 bits per heavy atom. The molecular weight excluding hydrogens is 392 g/mol. The van der Waals surface area contributed by atoms with Crippen molar-refractivity contribution in [1.29, 1.82) is 0 Å². The van der Waals surface area contributed by atoms with Gasteiger partial charge in [0.05, 0.1) is 5.69 Å². The van der Waals surface area contributed by atoms with E-state index in [9.17, 15) is 0 Å². The summed E-state index contributed by atoms with van der Waals surface area (Å²) in [5.74, 6) is 3.16. The van der Waals surface area contributed by atoms with Crippen molar-refractivity contribution >= 4 is 0 Å². The first-order valence-electron chi connectivity index (χ1n) is 11.3. The van der Waals surface area contributed by atoms with Crippen LogP contribution in [0.2, 0.25) is 0 Å². The molecule has 3 aromatic carbocycles. The molecule has 0 bridgehead atoms. The van der Waals surface area contributed by atoms with Crippen LogP contribution in [0.4, 0.5) is 0 Å². The lowest BCUT2D eigenvalue weighted by atomic mass is 9.73. The first kappa shape index (κ1) is 21.9. The van der Waals surface area contributed by atoms with Gasteiger partial charge in [-0.25, -0.2) is 4.98 Å². The van der Waals surface area contributed by atoms with Crippen molar-refractivity contribution in [2.24, 2.45) is 5.92 Å². The third-order valence-corrected chi connectivity index (χ3v) is 6.63. The van der Waals surface area contributed by atoms with E-state index in [4.69, 9.17) is 9.72 Å². The summed E-state index contributed by atoms with van der Waals surface area (Å²) >= 11 is 0. The smallest absolute Gasteiger partial charge is 0.144 e. The number of hydrogen-bond acceptors (Lipinski definition) is 2. The second-order valence-electron chi connectivity index (χ2n) is 9.36. The molecule has 0 spiro atoms. The van der Waals surface area contributed by atoms with Crippen LogP contribution in [0.1, 0.15) is 44.4 Å². The lowest BCUT2D eigenvalue weighted by Crippen LogP contribution is -2.25. The van der Waals surface area contributed by atoms with Crippen molar-refractivity contribution in [1.82, 2.24) is 9.55 Å². The Labute approximate surface area is 191 Å². The number of para-hydroxylation sites is 1. The number of hydrogen-bond donors (Lipinski definition) is 0. The van der Waals surface area contributed by atoms with Gasteiger partial charge in [-0.1, -0.05) is 70.2 Å². The van der Waals surface area contributed by atoms with Crippen molar-refractivity contribution in [3.8, 4) is 28.6 Å². The summed E-state index contributed by atoms with van der Waals surface area (Å²) in [4.78, 5) is 4.80. The van der Waals surface area contributed by atoms with Crippen LogP contribution >= 0.6 is 0 Å². The Morgan fingerprint density at radius 2 is 1.47 bits per heavy atom. The molecule has 0 N–H and O–H groups in total. The minimum atomic E-state index is 0.0326. The fourth-order valence-electron chi connectivity index (χ4n) is 4.21. The molecule has 1 heterocycles. The highest BCUT2D eigenvalue weighted by Gasteiger charge is 2.29. The van der Waals surface area contributed by atoms with Gasteiger partial charge in [0.1, 0.15) is 17.3 Å². The number of imidazole rings is 1. The van der Waals surface area contributed by atoms with Crippen LogP contribution in [0.5, 0.6) is 11.5 Å². The molecular formula is C29H32N2O. The number of benzene rings is 3. The monoisotopic (exact) mass is 424 g/mol. The predicted molar refractivity (Wildman–Crippen MR) is 133 cm³/mol. The number of ether oxygens (including phenoxy) is 1. The van der Waals surface area contributed by atoms with Crippen LogP contribution < -0.4 is 4.74 Å². The molecule has 4 rings (SSSR count). The fourth-order valence-corrected chi connectivity index (χ4v) is 4.21. The molecule has 0 saturated heterocycles. The van der Waals surface area contributed by atoms with Gasteiger partial charge in [-0.15, -0.1) is 0 Å². The fraction of sp³-hybridized carbons (Fsp3) is 0.276. The Balaban J connectivity index is 1.79. The van der Waals surface area contributed by atoms with Crippen LogP contribution in [0.3, 0.4) is 0 Å². The summed E-state index contributed by atoms with van der Waals surface area (Å²) in [6.07, 6.45) is 3.95. The highest BCUT2D eigenvalue weighted by atomic mass is 16.5. The molecule has 0 aliphatic rings. The average Bonchev–Trinajstić information content (AvgIpc) is 3.23. The number of aromatic nitrogens is 2. The van der Waals surface area contributed by atoms with E-state index >= 15 is 0 Å². The Morgan fingerprint density at radius 3 is 2.12 bits per heavy atom. The van der Waals surface area contributed by atoms with E-state index in [1.165, 1.54) is 11.1 Å². The second-order valence-corrected chi connectivity index (χ2v) is 9.36. The van der Waals surface area contributed by atoms with Gasteiger partial charge < -0.3 is 4.74 Å². The Hall–Kier alpha value is -3.33. The van der Waals surface area contributed by atoms with Crippen molar-refractivity contribution in [2.45, 2.75) is 47.0 Å². The van der Waals surface area contributed by atoms with E-state index in [-0.39, 0.29) is 5.41 Å². The van der Waals surface area contributed by atoms with E-state index in [1.54, 1.807) is 0 Å². The molecule has 0 aliphatic carbocycles. The first-order chi connectivity index (χ1) is 15.3. The van der Waals surface area contributed by atoms with Crippen LogP contribution in [-0.4, -0.2) is 9.55 Å². The third kappa shape index (κ3) is 4.08. The summed E-state index contributed by atoms with van der Waals surface area (Å²) < 4.78 is 8.31. The maximum absolute atomic E-state index is 6.09. The van der Waals surface area contributed by atoms with Crippen LogP contribution in [0.15, 0.2) is 79.1 Å². The first-order valence-corrected chi connectivity index (χ1v) is 11.3. The summed E-state index contributed by atoms with van der Waals surface area (Å²) in [6.45, 7) is 13.5. The molecule has 0 unspecified atom stereocenters. The third-order valence-electron chi connectivity index (χ3n) is 6.63. The second kappa shape index (κ2) is 8.66. The topological polar surface area (TPSA) is 27.1 Å². The zero-order valence-corrected chi connectivity index (χ0v) is 19.9. The Bertz CT molecular complexity index is 1200. The number of nitrogens with zero attached hydrogens (tertiary/aromatic N) is 2. The average molecular weight is 425 g/mol. The van der Waals surface area contributed by atoms with Crippen molar-refractivity contribution in [3.05, 3.63) is 95.8 Å². The molecule has 0 saturated carbocycles. The maximum atomic E-state index is 6.09. The lowest BCUT2D eigenvalue weighted by molar-refractivity contribution is 0.373. The van der Waals surface area contributed by atoms with Gasteiger partial charge in [0, 0.05) is 18.0 Å². The highest BCUT2D eigenvalue weighted by molar-refractivity contribution is 5.67. The van der Waals surface area contributed by atoms with Crippen molar-refractivity contribution in [3.63, 3.8) is 0 Å². The molecule has 0 aliphatic heterocycles. The van der Waals surface area contributed by atoms with Crippen LogP contribution in [0, 0.1) is 19.8 Å². The van der Waals surface area contributed by atoms with E-state index in [1.807, 2.05) is 36.5 Å². The van der Waals surface area contributed by atoms with Gasteiger partial charge in [-0.2, -0.15) is 0 Å². The zero-order chi connectivity index (χ0) is 22.9. The van der Waals surface area contributed by atoms with E-state index in [0.29, 0.717) is 5.92 Å². The summed E-state index contributed by atoms with van der Waals surface area (Å²) in [5, 5.41) is 0. The maximum Gasteiger partial charge on any atom is 0.144 e. The molecule has 164 valence electrons. The van der Waals surface area contributed by atoms with Gasteiger partial charge in [-0.3, -0.25) is 4.57 Å². The molecule has 0 atom stereocenters. The molecule has 32 heavy (non-hydrogen) atoms. The van der Waals surface area contributed by atoms with Gasteiger partial charge >= 0.3 is 0 Å². The summed E-state index contributed by atoms with van der Waals surface area (Å²) in [6, 6.07) is 22.8. The summed E-state index contributed by atoms with van der Waals surface area (Å²) in [5.41, 5.74) is 5.98. The molecule has 4 aromatic rings. The highest BCUT2D eigenvalue weighted by Crippen LogP contribution is 2.39. The molecule has 3 nitrogen and oxygen atoms in total. The van der Waals surface area contributed by atoms with E-state index in [0.717, 1.165) is 34.1 Å². The summed E-state index contributed by atoms with van der Waals surface area (Å²) in [7, 11) is 0. The van der Waals surface area contributed by atoms with E-state index in [2.05, 4.69) is 88.7 Å². The molecule has 0 amide bonds. The van der Waals surface area contributed by atoms with Gasteiger partial charge in [-0.05, 0) is 66.1 Å². The molecule has 1 aromatic heterocycles. The normalized spacial score (nSPS) is 11.7. The number of rotatable bonds is 6. The van der Waals surface area contributed by atoms with Gasteiger partial charge in [0.2, 0.25) is 0 Å². The van der Waals surface area contributed by atoms with Gasteiger partial charge in [0.15, 0.2) is 0 Å². The molecule has 3 heteroatoms. The predicted octanol–water partition coefficient (Wildman–Crippen LogP) is 7.88. The van der Waals surface area contributed by atoms with Crippen molar-refractivity contribution in [2.75, 3.05) is 0 Å². The van der Waals surface area contributed by atoms with Crippen molar-refractivity contribution < 1.29 is 4.74 Å². The molecule has 0 fully saturated rings. The minimum absolute atomic E-state index is 0.0326. The lowest BCUT2D eigenvalue weighted by Gasteiger charge is -2.32. The SMILES string of the molecule is Cc1cc(Oc2ccccc2)cc(C)c1-n1ccnc1-c1ccccc1C(C)(C)C(C)C. The van der Waals surface area contributed by atoms with Gasteiger partial charge in [0.25, 0.3) is 0 Å². The quantitative estimate of drug-likeness (QED) is 0.315. The van der Waals surface area contributed by atoms with Crippen LogP contribution in [-0.2, 0) is 5.41 Å². The zero-order valence-electron chi connectivity index (χ0n) is 19.9. The van der Waals surface area contributed by atoms with Crippen LogP contribution in [0.25, 0.3) is 17.1 Å².